The highest BCUT2D eigenvalue weighted by molar-refractivity contribution is 5.63. The second-order valence-electron chi connectivity index (χ2n) is 7.26. The zero-order valence-electron chi connectivity index (χ0n) is 14.5. The van der Waals surface area contributed by atoms with Crippen LogP contribution in [-0.2, 0) is 0 Å². The number of rotatable bonds is 4. The lowest BCUT2D eigenvalue weighted by atomic mass is 9.89. The number of nitrogens with one attached hydrogen (secondary N) is 1. The second-order valence-corrected chi connectivity index (χ2v) is 7.26. The van der Waals surface area contributed by atoms with Crippen LogP contribution < -0.4 is 5.32 Å². The van der Waals surface area contributed by atoms with Gasteiger partial charge in [0.1, 0.15) is 0 Å². The molecule has 0 unspecified atom stereocenters. The Balaban J connectivity index is 1.60. The first-order valence-electron chi connectivity index (χ1n) is 9.52. The Labute approximate surface area is 145 Å². The molecule has 24 heavy (non-hydrogen) atoms. The zero-order chi connectivity index (χ0) is 16.2. The van der Waals surface area contributed by atoms with E-state index in [0.717, 1.165) is 19.0 Å². The lowest BCUT2D eigenvalue weighted by Gasteiger charge is -2.38. The molecule has 1 aliphatic heterocycles. The predicted octanol–water partition coefficient (Wildman–Crippen LogP) is 4.49. The van der Waals surface area contributed by atoms with Crippen LogP contribution in [0.1, 0.15) is 37.3 Å². The van der Waals surface area contributed by atoms with Crippen LogP contribution in [0.4, 0.5) is 0 Å². The zero-order valence-corrected chi connectivity index (χ0v) is 14.5. The molecule has 4 rings (SSSR count). The van der Waals surface area contributed by atoms with Crippen molar-refractivity contribution >= 4 is 0 Å². The van der Waals surface area contributed by atoms with Crippen molar-refractivity contribution in [2.75, 3.05) is 26.2 Å². The third-order valence-electron chi connectivity index (χ3n) is 5.75. The van der Waals surface area contributed by atoms with Gasteiger partial charge < -0.3 is 5.32 Å². The molecule has 126 valence electrons. The van der Waals surface area contributed by atoms with Crippen molar-refractivity contribution in [1.29, 1.82) is 0 Å². The molecule has 2 heteroatoms. The van der Waals surface area contributed by atoms with Gasteiger partial charge in [0.25, 0.3) is 0 Å². The molecule has 0 spiro atoms. The van der Waals surface area contributed by atoms with Crippen LogP contribution in [0.25, 0.3) is 11.1 Å². The van der Waals surface area contributed by atoms with E-state index in [9.17, 15) is 0 Å². The Morgan fingerprint density at radius 2 is 1.42 bits per heavy atom. The summed E-state index contributed by atoms with van der Waals surface area (Å²) in [6.07, 6.45) is 5.62. The van der Waals surface area contributed by atoms with E-state index in [1.54, 1.807) is 0 Å². The summed E-state index contributed by atoms with van der Waals surface area (Å²) in [6, 6.07) is 20.7. The molecule has 1 saturated carbocycles. The summed E-state index contributed by atoms with van der Waals surface area (Å²) in [4.78, 5) is 2.73. The van der Waals surface area contributed by atoms with E-state index >= 15 is 0 Å². The van der Waals surface area contributed by atoms with E-state index in [1.165, 1.54) is 55.5 Å². The van der Waals surface area contributed by atoms with Crippen LogP contribution in [0.3, 0.4) is 0 Å². The number of hydrogen-bond acceptors (Lipinski definition) is 2. The van der Waals surface area contributed by atoms with Gasteiger partial charge in [-0.1, -0.05) is 67.4 Å². The van der Waals surface area contributed by atoms with Gasteiger partial charge in [0.15, 0.2) is 0 Å². The largest absolute Gasteiger partial charge is 0.314 e. The van der Waals surface area contributed by atoms with E-state index in [2.05, 4.69) is 64.8 Å². The summed E-state index contributed by atoms with van der Waals surface area (Å²) in [6.45, 7) is 4.62. The average Bonchev–Trinajstić information content (AvgIpc) is 3.18. The van der Waals surface area contributed by atoms with Gasteiger partial charge in [-0.05, 0) is 35.4 Å². The monoisotopic (exact) mass is 320 g/mol. The quantitative estimate of drug-likeness (QED) is 0.893. The Bertz CT molecular complexity index is 623. The van der Waals surface area contributed by atoms with E-state index in [1.807, 2.05) is 0 Å². The Hall–Kier alpha value is -1.64. The van der Waals surface area contributed by atoms with Crippen molar-refractivity contribution in [2.45, 2.75) is 31.7 Å². The van der Waals surface area contributed by atoms with Crippen molar-refractivity contribution < 1.29 is 0 Å². The van der Waals surface area contributed by atoms with Crippen LogP contribution in [0, 0.1) is 5.92 Å². The smallest absolute Gasteiger partial charge is 0.0377 e. The van der Waals surface area contributed by atoms with Crippen molar-refractivity contribution in [1.82, 2.24) is 10.2 Å². The highest BCUT2D eigenvalue weighted by Crippen LogP contribution is 2.40. The van der Waals surface area contributed by atoms with Crippen molar-refractivity contribution in [3.8, 4) is 11.1 Å². The Morgan fingerprint density at radius 1 is 0.792 bits per heavy atom. The second kappa shape index (κ2) is 7.50. The molecule has 1 aliphatic carbocycles. The first-order chi connectivity index (χ1) is 11.9. The summed E-state index contributed by atoms with van der Waals surface area (Å²) in [5.41, 5.74) is 4.15. The molecular formula is C22H28N2. The van der Waals surface area contributed by atoms with E-state index in [-0.39, 0.29) is 0 Å². The van der Waals surface area contributed by atoms with Crippen molar-refractivity contribution in [2.24, 2.45) is 5.92 Å². The van der Waals surface area contributed by atoms with Gasteiger partial charge in [0, 0.05) is 32.2 Å². The third-order valence-corrected chi connectivity index (χ3v) is 5.75. The highest BCUT2D eigenvalue weighted by Gasteiger charge is 2.31. The molecule has 0 radical (unpaired) electrons. The molecule has 0 amide bonds. The van der Waals surface area contributed by atoms with Crippen molar-refractivity contribution in [3.05, 3.63) is 60.2 Å². The summed E-state index contributed by atoms with van der Waals surface area (Å²) < 4.78 is 0. The first kappa shape index (κ1) is 15.9. The summed E-state index contributed by atoms with van der Waals surface area (Å²) in [7, 11) is 0. The Morgan fingerprint density at radius 3 is 2.08 bits per heavy atom. The number of benzene rings is 2. The number of hydrogen-bond donors (Lipinski definition) is 1. The van der Waals surface area contributed by atoms with Crippen LogP contribution in [0.5, 0.6) is 0 Å². The van der Waals surface area contributed by atoms with Crippen LogP contribution in [-0.4, -0.2) is 31.1 Å². The fraction of sp³-hybridized carbons (Fsp3) is 0.455. The Kier molecular flexibility index (Phi) is 4.96. The lowest BCUT2D eigenvalue weighted by molar-refractivity contribution is 0.125. The molecule has 1 atom stereocenters. The third kappa shape index (κ3) is 3.40. The molecule has 1 heterocycles. The van der Waals surface area contributed by atoms with Crippen LogP contribution in [0.2, 0.25) is 0 Å². The van der Waals surface area contributed by atoms with E-state index in [0.29, 0.717) is 6.04 Å². The maximum atomic E-state index is 3.50. The molecule has 2 aromatic carbocycles. The molecule has 2 aromatic rings. The molecule has 2 aliphatic rings. The van der Waals surface area contributed by atoms with Gasteiger partial charge in [-0.2, -0.15) is 0 Å². The van der Waals surface area contributed by atoms with Crippen molar-refractivity contribution in [3.63, 3.8) is 0 Å². The summed E-state index contributed by atoms with van der Waals surface area (Å²) in [5.74, 6) is 0.839. The minimum Gasteiger partial charge on any atom is -0.314 e. The summed E-state index contributed by atoms with van der Waals surface area (Å²) in [5, 5.41) is 3.50. The van der Waals surface area contributed by atoms with Gasteiger partial charge in [-0.25, -0.2) is 0 Å². The molecule has 2 fully saturated rings. The minimum atomic E-state index is 0.611. The predicted molar refractivity (Wildman–Crippen MR) is 101 cm³/mol. The standard InChI is InChI=1S/C22H28N2/c1-2-6-18(7-3-1)19-10-12-21(13-11-19)22(20-8-4-5-9-20)24-16-14-23-15-17-24/h1-3,6-7,10-13,20,22-23H,4-5,8-9,14-17H2/t22-/m0/s1. The SMILES string of the molecule is c1ccc(-c2ccc([C@H](C3CCCC3)N3CCNCC3)cc2)cc1. The normalized spacial score (nSPS) is 21.0. The minimum absolute atomic E-state index is 0.611. The molecule has 2 nitrogen and oxygen atoms in total. The van der Waals surface area contributed by atoms with Gasteiger partial charge in [0.2, 0.25) is 0 Å². The van der Waals surface area contributed by atoms with Gasteiger partial charge in [-0.15, -0.1) is 0 Å². The maximum Gasteiger partial charge on any atom is 0.0377 e. The molecule has 0 bridgehead atoms. The molecule has 1 saturated heterocycles. The molecule has 1 N–H and O–H groups in total. The van der Waals surface area contributed by atoms with Gasteiger partial charge >= 0.3 is 0 Å². The van der Waals surface area contributed by atoms with Gasteiger partial charge in [-0.3, -0.25) is 4.90 Å². The van der Waals surface area contributed by atoms with Gasteiger partial charge in [0.05, 0.1) is 0 Å². The fourth-order valence-electron chi connectivity index (χ4n) is 4.52. The van der Waals surface area contributed by atoms with E-state index < -0.39 is 0 Å². The lowest BCUT2D eigenvalue weighted by Crippen LogP contribution is -2.46. The molecule has 0 aromatic heterocycles. The fourth-order valence-corrected chi connectivity index (χ4v) is 4.52. The molecular weight excluding hydrogens is 292 g/mol. The topological polar surface area (TPSA) is 15.3 Å². The van der Waals surface area contributed by atoms with Crippen LogP contribution >= 0.6 is 0 Å². The number of piperazine rings is 1. The van der Waals surface area contributed by atoms with Crippen LogP contribution in [0.15, 0.2) is 54.6 Å². The number of nitrogens with zero attached hydrogens (tertiary/aromatic N) is 1. The van der Waals surface area contributed by atoms with E-state index in [4.69, 9.17) is 0 Å². The average molecular weight is 320 g/mol. The summed E-state index contributed by atoms with van der Waals surface area (Å²) >= 11 is 0. The highest BCUT2D eigenvalue weighted by atomic mass is 15.2. The first-order valence-corrected chi connectivity index (χ1v) is 9.52. The maximum absolute atomic E-state index is 3.50.